The first-order chi connectivity index (χ1) is 15.6. The van der Waals surface area contributed by atoms with Gasteiger partial charge in [0, 0.05) is 44.3 Å². The Morgan fingerprint density at radius 2 is 1.91 bits per heavy atom. The van der Waals surface area contributed by atoms with E-state index >= 15 is 0 Å². The first-order valence-corrected chi connectivity index (χ1v) is 10.6. The second kappa shape index (κ2) is 9.51. The lowest BCUT2D eigenvalue weighted by atomic mass is 10.2. The van der Waals surface area contributed by atoms with Crippen LogP contribution < -0.4 is 15.0 Å². The largest absolute Gasteiger partial charge is 0.496 e. The molecule has 0 saturated heterocycles. The summed E-state index contributed by atoms with van der Waals surface area (Å²) in [6.45, 7) is 3.19. The molecule has 0 aliphatic heterocycles. The van der Waals surface area contributed by atoms with Crippen LogP contribution in [0, 0.1) is 0 Å². The number of rotatable bonds is 8. The highest BCUT2D eigenvalue weighted by Crippen LogP contribution is 2.24. The number of pyridine rings is 2. The summed E-state index contributed by atoms with van der Waals surface area (Å²) in [5, 5.41) is 2.99. The average molecular weight is 430 g/mol. The molecule has 1 amide bonds. The Morgan fingerprint density at radius 3 is 2.66 bits per heavy atom. The number of carbonyl (C=O) groups excluding carboxylic acids is 1. The smallest absolute Gasteiger partial charge is 0.253 e. The number of hydrogen-bond donors (Lipinski definition) is 1. The number of benzene rings is 1. The summed E-state index contributed by atoms with van der Waals surface area (Å²) in [5.74, 6) is 1.59. The van der Waals surface area contributed by atoms with Crippen LogP contribution >= 0.6 is 0 Å². The molecular formula is C25H27N5O2. The van der Waals surface area contributed by atoms with Crippen molar-refractivity contribution in [2.75, 3.05) is 19.1 Å². The van der Waals surface area contributed by atoms with Crippen molar-refractivity contribution in [1.82, 2.24) is 19.7 Å². The standard InChI is InChI=1S/C25H27N5O2/c1-4-21-25(29(2)16-18-11-13-26-14-12-18)30-17-20(9-10-23(30)28-21)24(31)27-15-19-7-5-6-8-22(19)32-3/h5-14,17H,4,15-16H2,1-3H3,(H,27,31). The zero-order valence-corrected chi connectivity index (χ0v) is 18.6. The zero-order valence-electron chi connectivity index (χ0n) is 18.6. The van der Waals surface area contributed by atoms with Crippen LogP contribution in [0.4, 0.5) is 5.82 Å². The van der Waals surface area contributed by atoms with Crippen molar-refractivity contribution < 1.29 is 9.53 Å². The number of nitrogens with one attached hydrogen (secondary N) is 1. The number of methoxy groups -OCH3 is 1. The molecule has 3 heterocycles. The van der Waals surface area contributed by atoms with Crippen LogP contribution in [0.3, 0.4) is 0 Å². The predicted molar refractivity (Wildman–Crippen MR) is 125 cm³/mol. The molecule has 0 fully saturated rings. The second-order valence-corrected chi connectivity index (χ2v) is 7.59. The minimum Gasteiger partial charge on any atom is -0.496 e. The van der Waals surface area contributed by atoms with E-state index in [-0.39, 0.29) is 5.91 Å². The molecule has 4 rings (SSSR count). The molecule has 0 bridgehead atoms. The summed E-state index contributed by atoms with van der Waals surface area (Å²) >= 11 is 0. The van der Waals surface area contributed by atoms with E-state index < -0.39 is 0 Å². The molecule has 3 aromatic heterocycles. The Bertz CT molecular complexity index is 1220. The normalized spacial score (nSPS) is 10.8. The van der Waals surface area contributed by atoms with Gasteiger partial charge in [0.15, 0.2) is 0 Å². The van der Waals surface area contributed by atoms with Gasteiger partial charge in [0.25, 0.3) is 5.91 Å². The number of anilines is 1. The third-order valence-corrected chi connectivity index (χ3v) is 5.42. The van der Waals surface area contributed by atoms with Crippen molar-refractivity contribution in [1.29, 1.82) is 0 Å². The molecule has 1 aromatic carbocycles. The number of imidazole rings is 1. The van der Waals surface area contributed by atoms with Crippen molar-refractivity contribution in [3.05, 3.63) is 89.5 Å². The Morgan fingerprint density at radius 1 is 1.12 bits per heavy atom. The topological polar surface area (TPSA) is 71.8 Å². The predicted octanol–water partition coefficient (Wildman–Crippen LogP) is 3.87. The third-order valence-electron chi connectivity index (χ3n) is 5.42. The van der Waals surface area contributed by atoms with Crippen LogP contribution in [-0.4, -0.2) is 34.4 Å². The van der Waals surface area contributed by atoms with E-state index in [4.69, 9.17) is 9.72 Å². The molecule has 0 radical (unpaired) electrons. The highest BCUT2D eigenvalue weighted by molar-refractivity contribution is 5.94. The first kappa shape index (κ1) is 21.4. The van der Waals surface area contributed by atoms with Crippen molar-refractivity contribution in [3.8, 4) is 5.75 Å². The van der Waals surface area contributed by atoms with Gasteiger partial charge in [-0.3, -0.25) is 14.2 Å². The number of para-hydroxylation sites is 1. The molecule has 1 N–H and O–H groups in total. The number of amides is 1. The summed E-state index contributed by atoms with van der Waals surface area (Å²) in [6.07, 6.45) is 6.25. The lowest BCUT2D eigenvalue weighted by Gasteiger charge is -2.20. The summed E-state index contributed by atoms with van der Waals surface area (Å²) in [5.41, 5.74) is 4.47. The maximum atomic E-state index is 12.9. The fourth-order valence-electron chi connectivity index (χ4n) is 3.82. The van der Waals surface area contributed by atoms with E-state index in [2.05, 4.69) is 22.1 Å². The van der Waals surface area contributed by atoms with Gasteiger partial charge >= 0.3 is 0 Å². The number of aromatic nitrogens is 3. The third kappa shape index (κ3) is 4.42. The average Bonchev–Trinajstić information content (AvgIpc) is 3.21. The monoisotopic (exact) mass is 429 g/mol. The number of aryl methyl sites for hydroxylation is 1. The molecule has 0 saturated carbocycles. The van der Waals surface area contributed by atoms with Crippen LogP contribution in [0.5, 0.6) is 5.75 Å². The second-order valence-electron chi connectivity index (χ2n) is 7.59. The highest BCUT2D eigenvalue weighted by atomic mass is 16.5. The quantitative estimate of drug-likeness (QED) is 0.460. The fraction of sp³-hybridized carbons (Fsp3) is 0.240. The van der Waals surface area contributed by atoms with Crippen molar-refractivity contribution in [2.45, 2.75) is 26.4 Å². The number of nitrogens with zero attached hydrogens (tertiary/aromatic N) is 4. The molecule has 0 unspecified atom stereocenters. The van der Waals surface area contributed by atoms with Crippen LogP contribution in [0.2, 0.25) is 0 Å². The first-order valence-electron chi connectivity index (χ1n) is 10.6. The van der Waals surface area contributed by atoms with Gasteiger partial charge in [-0.25, -0.2) is 4.98 Å². The van der Waals surface area contributed by atoms with E-state index in [9.17, 15) is 4.79 Å². The summed E-state index contributed by atoms with van der Waals surface area (Å²) in [4.78, 5) is 23.9. The Hall–Kier alpha value is -3.87. The van der Waals surface area contributed by atoms with Crippen LogP contribution in [0.25, 0.3) is 5.65 Å². The minimum atomic E-state index is -0.146. The summed E-state index contributed by atoms with van der Waals surface area (Å²) < 4.78 is 7.37. The lowest BCUT2D eigenvalue weighted by Crippen LogP contribution is -2.24. The molecule has 0 aliphatic rings. The number of fused-ring (bicyclic) bond motifs is 1. The van der Waals surface area contributed by atoms with Gasteiger partial charge < -0.3 is 15.0 Å². The number of carbonyl (C=O) groups is 1. The fourth-order valence-corrected chi connectivity index (χ4v) is 3.82. The minimum absolute atomic E-state index is 0.146. The lowest BCUT2D eigenvalue weighted by molar-refractivity contribution is 0.0950. The van der Waals surface area contributed by atoms with Gasteiger partial charge in [0.05, 0.1) is 18.4 Å². The van der Waals surface area contributed by atoms with Crippen LogP contribution in [0.1, 0.15) is 34.1 Å². The molecule has 0 atom stereocenters. The molecular weight excluding hydrogens is 402 g/mol. The molecule has 0 spiro atoms. The van der Waals surface area contributed by atoms with E-state index in [1.54, 1.807) is 19.5 Å². The number of hydrogen-bond acceptors (Lipinski definition) is 5. The van der Waals surface area contributed by atoms with E-state index in [0.29, 0.717) is 18.7 Å². The Balaban J connectivity index is 1.60. The van der Waals surface area contributed by atoms with Gasteiger partial charge in [-0.1, -0.05) is 25.1 Å². The Kier molecular flexibility index (Phi) is 6.35. The molecule has 7 heteroatoms. The molecule has 0 aliphatic carbocycles. The summed E-state index contributed by atoms with van der Waals surface area (Å²) in [6, 6.07) is 15.4. The summed E-state index contributed by atoms with van der Waals surface area (Å²) in [7, 11) is 3.67. The molecule has 4 aromatic rings. The van der Waals surface area contributed by atoms with Gasteiger partial charge in [0.1, 0.15) is 17.2 Å². The highest BCUT2D eigenvalue weighted by Gasteiger charge is 2.17. The van der Waals surface area contributed by atoms with Gasteiger partial charge in [-0.05, 0) is 42.3 Å². The zero-order chi connectivity index (χ0) is 22.5. The maximum Gasteiger partial charge on any atom is 0.253 e. The van der Waals surface area contributed by atoms with Gasteiger partial charge in [-0.2, -0.15) is 0 Å². The van der Waals surface area contributed by atoms with E-state index in [0.717, 1.165) is 40.5 Å². The number of ether oxygens (including phenoxy) is 1. The van der Waals surface area contributed by atoms with Crippen molar-refractivity contribution in [2.24, 2.45) is 0 Å². The van der Waals surface area contributed by atoms with Gasteiger partial charge in [0.2, 0.25) is 0 Å². The Labute approximate surface area is 187 Å². The van der Waals surface area contributed by atoms with Gasteiger partial charge in [-0.15, -0.1) is 0 Å². The SMILES string of the molecule is CCc1nc2ccc(C(=O)NCc3ccccc3OC)cn2c1N(C)Cc1ccncc1. The van der Waals surface area contributed by atoms with Crippen LogP contribution in [0.15, 0.2) is 67.1 Å². The molecule has 164 valence electrons. The molecule has 7 nitrogen and oxygen atoms in total. The van der Waals surface area contributed by atoms with E-state index in [1.165, 1.54) is 0 Å². The van der Waals surface area contributed by atoms with E-state index in [1.807, 2.05) is 66.2 Å². The maximum absolute atomic E-state index is 12.9. The van der Waals surface area contributed by atoms with Crippen LogP contribution in [-0.2, 0) is 19.5 Å². The van der Waals surface area contributed by atoms with Crippen molar-refractivity contribution in [3.63, 3.8) is 0 Å². The van der Waals surface area contributed by atoms with Crippen molar-refractivity contribution >= 4 is 17.4 Å². The molecule has 32 heavy (non-hydrogen) atoms.